The lowest BCUT2D eigenvalue weighted by Crippen LogP contribution is -2.37. The molecule has 1 aromatic carbocycles. The third-order valence-electron chi connectivity index (χ3n) is 5.96. The van der Waals surface area contributed by atoms with Gasteiger partial charge in [0.1, 0.15) is 23.1 Å². The van der Waals surface area contributed by atoms with Gasteiger partial charge in [-0.2, -0.15) is 5.10 Å². The summed E-state index contributed by atoms with van der Waals surface area (Å²) in [4.78, 5) is 19.0. The zero-order chi connectivity index (χ0) is 20.8. The highest BCUT2D eigenvalue weighted by Gasteiger charge is 2.34. The van der Waals surface area contributed by atoms with Crippen LogP contribution in [0.15, 0.2) is 36.7 Å². The van der Waals surface area contributed by atoms with Crippen LogP contribution in [0.4, 0.5) is 20.3 Å². The second-order valence-electron chi connectivity index (χ2n) is 7.94. The largest absolute Gasteiger partial charge is 0.393 e. The first-order chi connectivity index (χ1) is 14.5. The molecule has 3 heterocycles. The van der Waals surface area contributed by atoms with Crippen molar-refractivity contribution in [1.29, 1.82) is 0 Å². The predicted octanol–water partition coefficient (Wildman–Crippen LogP) is 3.06. The van der Waals surface area contributed by atoms with E-state index in [9.17, 15) is 18.7 Å². The van der Waals surface area contributed by atoms with Crippen molar-refractivity contribution in [2.75, 3.05) is 16.8 Å². The van der Waals surface area contributed by atoms with Crippen molar-refractivity contribution in [1.82, 2.24) is 14.6 Å². The summed E-state index contributed by atoms with van der Waals surface area (Å²) in [6.07, 6.45) is 5.30. The number of aliphatic hydroxyl groups is 1. The molecule has 1 atom stereocenters. The number of anilines is 2. The summed E-state index contributed by atoms with van der Waals surface area (Å²) in [5.74, 6) is -0.665. The fraction of sp³-hybridized carbons (Fsp3) is 0.381. The third kappa shape index (κ3) is 3.28. The Bertz CT molecular complexity index is 1110. The molecule has 2 aromatic heterocycles. The van der Waals surface area contributed by atoms with Gasteiger partial charge in [0.25, 0.3) is 0 Å². The molecule has 1 unspecified atom stereocenters. The van der Waals surface area contributed by atoms with E-state index in [0.29, 0.717) is 48.5 Å². The summed E-state index contributed by atoms with van der Waals surface area (Å²) >= 11 is 0. The fourth-order valence-corrected chi connectivity index (χ4v) is 4.28. The lowest BCUT2D eigenvalue weighted by Gasteiger charge is -2.29. The molecule has 0 bridgehead atoms. The molecular formula is C21H21F2N5O2. The van der Waals surface area contributed by atoms with Crippen LogP contribution in [0.2, 0.25) is 0 Å². The van der Waals surface area contributed by atoms with Crippen molar-refractivity contribution >= 4 is 23.1 Å². The van der Waals surface area contributed by atoms with Crippen LogP contribution in [0.1, 0.15) is 37.3 Å². The van der Waals surface area contributed by atoms with Crippen molar-refractivity contribution in [2.45, 2.75) is 37.8 Å². The molecule has 9 heteroatoms. The van der Waals surface area contributed by atoms with Crippen LogP contribution in [0.25, 0.3) is 5.65 Å². The molecule has 3 aromatic rings. The lowest BCUT2D eigenvalue weighted by atomic mass is 9.82. The Morgan fingerprint density at radius 2 is 2.07 bits per heavy atom. The number of benzene rings is 1. The average molecular weight is 413 g/mol. The molecular weight excluding hydrogens is 392 g/mol. The quantitative estimate of drug-likeness (QED) is 0.687. The minimum absolute atomic E-state index is 0.164. The van der Waals surface area contributed by atoms with Crippen LogP contribution < -0.4 is 10.2 Å². The number of nitrogens with zero attached hydrogens (tertiary/aromatic N) is 4. The summed E-state index contributed by atoms with van der Waals surface area (Å²) in [5.41, 5.74) is 1.28. The van der Waals surface area contributed by atoms with Gasteiger partial charge in [0, 0.05) is 24.2 Å². The van der Waals surface area contributed by atoms with Gasteiger partial charge in [-0.25, -0.2) is 18.3 Å². The molecule has 156 valence electrons. The normalized spacial score (nSPS) is 23.6. The van der Waals surface area contributed by atoms with E-state index < -0.39 is 17.7 Å². The monoisotopic (exact) mass is 413 g/mol. The number of rotatable bonds is 4. The summed E-state index contributed by atoms with van der Waals surface area (Å²) in [7, 11) is 0. The second-order valence-corrected chi connectivity index (χ2v) is 7.94. The molecule has 30 heavy (non-hydrogen) atoms. The molecule has 2 fully saturated rings. The molecule has 0 spiro atoms. The Morgan fingerprint density at radius 3 is 2.87 bits per heavy atom. The maximum absolute atomic E-state index is 14.4. The topological polar surface area (TPSA) is 82.8 Å². The highest BCUT2D eigenvalue weighted by atomic mass is 19.1. The third-order valence-corrected chi connectivity index (χ3v) is 5.96. The van der Waals surface area contributed by atoms with E-state index in [1.807, 2.05) is 4.90 Å². The summed E-state index contributed by atoms with van der Waals surface area (Å²) < 4.78 is 29.7. The van der Waals surface area contributed by atoms with Gasteiger partial charge in [-0.05, 0) is 49.9 Å². The van der Waals surface area contributed by atoms with Crippen molar-refractivity contribution in [3.63, 3.8) is 0 Å². The number of halogens is 2. The summed E-state index contributed by atoms with van der Waals surface area (Å²) in [6, 6.07) is 4.98. The van der Waals surface area contributed by atoms with E-state index in [2.05, 4.69) is 15.4 Å². The number of aliphatic hydroxyl groups excluding tert-OH is 1. The Balaban J connectivity index is 1.44. The molecule has 2 aliphatic rings. The van der Waals surface area contributed by atoms with Crippen molar-refractivity contribution in [2.24, 2.45) is 5.92 Å². The van der Waals surface area contributed by atoms with E-state index in [0.717, 1.165) is 18.6 Å². The molecule has 1 saturated heterocycles. The summed E-state index contributed by atoms with van der Waals surface area (Å²) in [6.45, 7) is 0.666. The minimum Gasteiger partial charge on any atom is -0.393 e. The lowest BCUT2D eigenvalue weighted by molar-refractivity contribution is -0.126. The van der Waals surface area contributed by atoms with Crippen molar-refractivity contribution in [3.8, 4) is 0 Å². The highest BCUT2D eigenvalue weighted by molar-refractivity contribution is 5.96. The molecule has 2 N–H and O–H groups in total. The number of hydrogen-bond donors (Lipinski definition) is 2. The zero-order valence-corrected chi connectivity index (χ0v) is 16.1. The molecule has 5 rings (SSSR count). The van der Waals surface area contributed by atoms with Crippen LogP contribution in [0, 0.1) is 17.6 Å². The molecule has 1 amide bonds. The molecule has 1 aliphatic carbocycles. The van der Waals surface area contributed by atoms with Crippen LogP contribution in [-0.2, 0) is 4.79 Å². The first-order valence-electron chi connectivity index (χ1n) is 10.0. The minimum atomic E-state index is -0.469. The molecule has 1 saturated carbocycles. The van der Waals surface area contributed by atoms with Gasteiger partial charge in [0.05, 0.1) is 18.3 Å². The van der Waals surface area contributed by atoms with Gasteiger partial charge in [-0.15, -0.1) is 0 Å². The van der Waals surface area contributed by atoms with E-state index in [1.54, 1.807) is 16.8 Å². The van der Waals surface area contributed by atoms with Crippen molar-refractivity contribution in [3.05, 3.63) is 53.9 Å². The zero-order valence-electron chi connectivity index (χ0n) is 16.1. The number of carbonyl (C=O) groups excluding carboxylic acids is 1. The Labute approximate surface area is 171 Å². The number of amides is 1. The number of nitrogens with one attached hydrogen (secondary N) is 1. The Hall–Kier alpha value is -3.07. The van der Waals surface area contributed by atoms with Gasteiger partial charge >= 0.3 is 0 Å². The molecule has 1 aliphatic heterocycles. The van der Waals surface area contributed by atoms with E-state index in [1.165, 1.54) is 12.3 Å². The number of fused-ring (bicyclic) bond motifs is 1. The number of aromatic nitrogens is 3. The first-order valence-corrected chi connectivity index (χ1v) is 10.0. The molecule has 7 nitrogen and oxygen atoms in total. The standard InChI is InChI=1S/C21H21F2N5O2/c22-13-3-4-16(23)15(10-13)18-2-1-6-27(18)19-5-7-28-20(26-19)17(11-24-28)25-21(30)12-8-14(29)9-12/h3-5,7,10-12,14,18,29H,1-2,6,8-9H2,(H,25,30). The first kappa shape index (κ1) is 18.9. The van der Waals surface area contributed by atoms with E-state index >= 15 is 0 Å². The maximum atomic E-state index is 14.4. The Kier molecular flexibility index (Phi) is 4.62. The highest BCUT2D eigenvalue weighted by Crippen LogP contribution is 2.37. The molecule has 0 radical (unpaired) electrons. The van der Waals surface area contributed by atoms with Crippen LogP contribution >= 0.6 is 0 Å². The van der Waals surface area contributed by atoms with Gasteiger partial charge in [-0.1, -0.05) is 0 Å². The maximum Gasteiger partial charge on any atom is 0.227 e. The van der Waals surface area contributed by atoms with Crippen LogP contribution in [0.3, 0.4) is 0 Å². The average Bonchev–Trinajstić information content (AvgIpc) is 3.34. The Morgan fingerprint density at radius 1 is 1.23 bits per heavy atom. The van der Waals surface area contributed by atoms with Gasteiger partial charge in [0.15, 0.2) is 5.65 Å². The van der Waals surface area contributed by atoms with Gasteiger partial charge in [0.2, 0.25) is 5.91 Å². The van der Waals surface area contributed by atoms with E-state index in [4.69, 9.17) is 0 Å². The number of hydrogen-bond acceptors (Lipinski definition) is 5. The fourth-order valence-electron chi connectivity index (χ4n) is 4.28. The second kappa shape index (κ2) is 7.32. The van der Waals surface area contributed by atoms with E-state index in [-0.39, 0.29) is 17.9 Å². The van der Waals surface area contributed by atoms with Gasteiger partial charge in [-0.3, -0.25) is 4.79 Å². The SMILES string of the molecule is O=C(Nc1cnn2ccc(N3CCCC3c3cc(F)ccc3F)nc12)C1CC(O)C1. The smallest absolute Gasteiger partial charge is 0.227 e. The van der Waals surface area contributed by atoms with Gasteiger partial charge < -0.3 is 15.3 Å². The van der Waals surface area contributed by atoms with Crippen LogP contribution in [0.5, 0.6) is 0 Å². The number of carbonyl (C=O) groups is 1. The van der Waals surface area contributed by atoms with Crippen LogP contribution in [-0.4, -0.2) is 38.3 Å². The predicted molar refractivity (Wildman–Crippen MR) is 106 cm³/mol. The summed E-state index contributed by atoms with van der Waals surface area (Å²) in [5, 5.41) is 16.5. The van der Waals surface area contributed by atoms with Crippen molar-refractivity contribution < 1.29 is 18.7 Å².